The number of hydrogen-bond donors (Lipinski definition) is 2. The number of amides is 2. The van der Waals surface area contributed by atoms with E-state index in [2.05, 4.69) is 21.0 Å². The SMILES string of the molecule is COc1cc(C=NNC(N)=O)cc(Br)c1OCC(=O)[O-]. The molecule has 20 heavy (non-hydrogen) atoms. The van der Waals surface area contributed by atoms with Crippen LogP contribution in [0.3, 0.4) is 0 Å². The minimum Gasteiger partial charge on any atom is -0.546 e. The number of carboxylic acids is 1. The number of nitrogens with zero attached hydrogens (tertiary/aromatic N) is 1. The molecule has 0 saturated carbocycles. The van der Waals surface area contributed by atoms with Gasteiger partial charge in [-0.2, -0.15) is 5.10 Å². The molecule has 108 valence electrons. The van der Waals surface area contributed by atoms with Crippen LogP contribution in [0.25, 0.3) is 0 Å². The fourth-order valence-electron chi connectivity index (χ4n) is 1.26. The number of hydrogen-bond acceptors (Lipinski definition) is 6. The molecular weight excluding hydrogens is 334 g/mol. The lowest BCUT2D eigenvalue weighted by Gasteiger charge is -2.13. The third-order valence-electron chi connectivity index (χ3n) is 1.97. The highest BCUT2D eigenvalue weighted by molar-refractivity contribution is 9.10. The van der Waals surface area contributed by atoms with Crippen LogP contribution in [0.1, 0.15) is 5.56 Å². The van der Waals surface area contributed by atoms with Crippen molar-refractivity contribution in [2.75, 3.05) is 13.7 Å². The fraction of sp³-hybridized carbons (Fsp3) is 0.182. The molecule has 0 saturated heterocycles. The molecule has 9 heteroatoms. The number of primary amides is 1. The molecule has 0 aliphatic heterocycles. The molecule has 0 aromatic heterocycles. The summed E-state index contributed by atoms with van der Waals surface area (Å²) in [6.45, 7) is -0.606. The third-order valence-corrected chi connectivity index (χ3v) is 2.56. The number of benzene rings is 1. The zero-order valence-electron chi connectivity index (χ0n) is 10.4. The number of carboxylic acid groups (broad SMARTS) is 1. The van der Waals surface area contributed by atoms with Gasteiger partial charge in [-0.3, -0.25) is 0 Å². The first-order valence-corrected chi connectivity index (χ1v) is 6.02. The maximum Gasteiger partial charge on any atom is 0.332 e. The van der Waals surface area contributed by atoms with E-state index in [0.29, 0.717) is 15.8 Å². The number of methoxy groups -OCH3 is 1. The van der Waals surface area contributed by atoms with Gasteiger partial charge in [0.05, 0.1) is 23.8 Å². The Morgan fingerprint density at radius 2 is 2.25 bits per heavy atom. The van der Waals surface area contributed by atoms with Gasteiger partial charge in [-0.25, -0.2) is 10.2 Å². The van der Waals surface area contributed by atoms with E-state index in [4.69, 9.17) is 15.2 Å². The number of hydrazone groups is 1. The Balaban J connectivity index is 2.97. The second-order valence-corrected chi connectivity index (χ2v) is 4.28. The number of aliphatic carboxylic acids is 1. The van der Waals surface area contributed by atoms with Crippen LogP contribution >= 0.6 is 15.9 Å². The summed E-state index contributed by atoms with van der Waals surface area (Å²) in [5, 5.41) is 14.0. The van der Waals surface area contributed by atoms with Crippen LogP contribution in [-0.2, 0) is 4.79 Å². The van der Waals surface area contributed by atoms with Gasteiger partial charge >= 0.3 is 6.03 Å². The molecule has 0 aliphatic carbocycles. The second-order valence-electron chi connectivity index (χ2n) is 3.43. The van der Waals surface area contributed by atoms with Gasteiger partial charge in [-0.1, -0.05) is 0 Å². The average molecular weight is 345 g/mol. The van der Waals surface area contributed by atoms with E-state index in [9.17, 15) is 14.7 Å². The van der Waals surface area contributed by atoms with E-state index in [-0.39, 0.29) is 5.75 Å². The first-order chi connectivity index (χ1) is 9.43. The Labute approximate surface area is 122 Å². The lowest BCUT2D eigenvalue weighted by atomic mass is 10.2. The highest BCUT2D eigenvalue weighted by atomic mass is 79.9. The van der Waals surface area contributed by atoms with Gasteiger partial charge in [-0.15, -0.1) is 0 Å². The summed E-state index contributed by atoms with van der Waals surface area (Å²) >= 11 is 3.22. The van der Waals surface area contributed by atoms with Crippen molar-refractivity contribution >= 4 is 34.1 Å². The van der Waals surface area contributed by atoms with Gasteiger partial charge in [0.25, 0.3) is 0 Å². The van der Waals surface area contributed by atoms with Crippen molar-refractivity contribution in [1.82, 2.24) is 5.43 Å². The monoisotopic (exact) mass is 344 g/mol. The molecule has 0 radical (unpaired) electrons. The first kappa shape index (κ1) is 15.8. The second kappa shape index (κ2) is 7.34. The van der Waals surface area contributed by atoms with Crippen LogP contribution in [-0.4, -0.2) is 31.9 Å². The zero-order valence-corrected chi connectivity index (χ0v) is 12.0. The van der Waals surface area contributed by atoms with Crippen LogP contribution in [0, 0.1) is 0 Å². The van der Waals surface area contributed by atoms with E-state index < -0.39 is 18.6 Å². The predicted octanol–water partition coefficient (Wildman–Crippen LogP) is -0.411. The topological polar surface area (TPSA) is 126 Å². The lowest BCUT2D eigenvalue weighted by molar-refractivity contribution is -0.307. The van der Waals surface area contributed by atoms with E-state index >= 15 is 0 Å². The summed E-state index contributed by atoms with van der Waals surface area (Å²) in [6, 6.07) is 2.35. The van der Waals surface area contributed by atoms with Gasteiger partial charge < -0.3 is 25.1 Å². The Bertz CT molecular complexity index is 547. The van der Waals surface area contributed by atoms with E-state index in [1.54, 1.807) is 12.1 Å². The summed E-state index contributed by atoms with van der Waals surface area (Å²) in [7, 11) is 1.40. The van der Waals surface area contributed by atoms with Gasteiger partial charge in [-0.05, 0) is 33.6 Å². The Hall–Kier alpha value is -2.29. The summed E-state index contributed by atoms with van der Waals surface area (Å²) in [6.07, 6.45) is 1.33. The molecule has 1 rings (SSSR count). The first-order valence-electron chi connectivity index (χ1n) is 5.22. The van der Waals surface area contributed by atoms with Crippen LogP contribution < -0.4 is 25.7 Å². The van der Waals surface area contributed by atoms with Gasteiger partial charge in [0.15, 0.2) is 11.5 Å². The van der Waals surface area contributed by atoms with Crippen molar-refractivity contribution in [3.05, 3.63) is 22.2 Å². The third kappa shape index (κ3) is 4.76. The minimum absolute atomic E-state index is 0.219. The van der Waals surface area contributed by atoms with Gasteiger partial charge in [0.1, 0.15) is 6.61 Å². The van der Waals surface area contributed by atoms with Crippen LogP contribution in [0.15, 0.2) is 21.7 Å². The number of carbonyl (C=O) groups is 2. The molecule has 8 nitrogen and oxygen atoms in total. The number of urea groups is 1. The minimum atomic E-state index is -1.35. The van der Waals surface area contributed by atoms with Crippen molar-refractivity contribution in [2.24, 2.45) is 10.8 Å². The van der Waals surface area contributed by atoms with Crippen molar-refractivity contribution in [3.63, 3.8) is 0 Å². The number of nitrogens with one attached hydrogen (secondary N) is 1. The van der Waals surface area contributed by atoms with Gasteiger partial charge in [0, 0.05) is 0 Å². The zero-order chi connectivity index (χ0) is 15.1. The quantitative estimate of drug-likeness (QED) is 0.535. The molecule has 0 atom stereocenters. The summed E-state index contributed by atoms with van der Waals surface area (Å²) < 4.78 is 10.6. The highest BCUT2D eigenvalue weighted by Gasteiger charge is 2.11. The highest BCUT2D eigenvalue weighted by Crippen LogP contribution is 2.36. The summed E-state index contributed by atoms with van der Waals surface area (Å²) in [5.41, 5.74) is 7.47. The van der Waals surface area contributed by atoms with E-state index in [0.717, 1.165) is 0 Å². The number of nitrogens with two attached hydrogens (primary N) is 1. The maximum absolute atomic E-state index is 10.5. The molecule has 1 aromatic carbocycles. The molecule has 0 heterocycles. The smallest absolute Gasteiger partial charge is 0.332 e. The molecule has 0 unspecified atom stereocenters. The molecule has 2 amide bonds. The summed E-state index contributed by atoms with van der Waals surface area (Å²) in [4.78, 5) is 20.9. The number of halogens is 1. The number of rotatable bonds is 6. The molecule has 3 N–H and O–H groups in total. The average Bonchev–Trinajstić information content (AvgIpc) is 2.36. The van der Waals surface area contributed by atoms with E-state index in [1.807, 2.05) is 5.43 Å². The maximum atomic E-state index is 10.5. The van der Waals surface area contributed by atoms with Gasteiger partial charge in [0.2, 0.25) is 0 Å². The molecular formula is C11H11BrN3O5-. The van der Waals surface area contributed by atoms with Crippen molar-refractivity contribution < 1.29 is 24.2 Å². The molecule has 0 aliphatic rings. The largest absolute Gasteiger partial charge is 0.546 e. The molecule has 1 aromatic rings. The van der Waals surface area contributed by atoms with Crippen molar-refractivity contribution in [1.29, 1.82) is 0 Å². The van der Waals surface area contributed by atoms with Crippen LogP contribution in [0.2, 0.25) is 0 Å². The molecule has 0 spiro atoms. The fourth-order valence-corrected chi connectivity index (χ4v) is 1.83. The van der Waals surface area contributed by atoms with Crippen molar-refractivity contribution in [3.8, 4) is 11.5 Å². The molecule has 0 fully saturated rings. The Morgan fingerprint density at radius 3 is 2.80 bits per heavy atom. The van der Waals surface area contributed by atoms with Crippen LogP contribution in [0.4, 0.5) is 4.79 Å². The van der Waals surface area contributed by atoms with Crippen molar-refractivity contribution in [2.45, 2.75) is 0 Å². The Kier molecular flexibility index (Phi) is 5.78. The number of ether oxygens (including phenoxy) is 2. The van der Waals surface area contributed by atoms with Crippen LogP contribution in [0.5, 0.6) is 11.5 Å². The predicted molar refractivity (Wildman–Crippen MR) is 71.5 cm³/mol. The molecule has 0 bridgehead atoms. The Morgan fingerprint density at radius 1 is 1.55 bits per heavy atom. The normalized spacial score (nSPS) is 10.3. The lowest BCUT2D eigenvalue weighted by Crippen LogP contribution is -2.29. The summed E-state index contributed by atoms with van der Waals surface area (Å²) in [5.74, 6) is -0.840. The number of carbonyl (C=O) groups excluding carboxylic acids is 2. The standard InChI is InChI=1S/C11H12BrN3O5/c1-19-8-3-6(4-14-15-11(13)18)2-7(12)10(8)20-5-9(16)17/h2-4H,5H2,1H3,(H,16,17)(H3,13,15,18)/p-1. The van der Waals surface area contributed by atoms with E-state index in [1.165, 1.54) is 13.3 Å².